The maximum absolute atomic E-state index is 13.9. The fourth-order valence-corrected chi connectivity index (χ4v) is 5.68. The number of benzene rings is 1. The molecule has 0 spiro atoms. The Morgan fingerprint density at radius 3 is 2.79 bits per heavy atom. The van der Waals surface area contributed by atoms with Gasteiger partial charge in [-0.25, -0.2) is 12.8 Å². The number of nitrogens with zero attached hydrogens (tertiary/aromatic N) is 3. The van der Waals surface area contributed by atoms with E-state index < -0.39 is 21.8 Å². The average Bonchev–Trinajstić information content (AvgIpc) is 3.23. The molecular formula is C24H25FN4O4S. The molecule has 10 heteroatoms. The summed E-state index contributed by atoms with van der Waals surface area (Å²) in [5.41, 5.74) is 1.22. The van der Waals surface area contributed by atoms with E-state index in [1.165, 1.54) is 29.4 Å². The van der Waals surface area contributed by atoms with E-state index >= 15 is 0 Å². The van der Waals surface area contributed by atoms with E-state index in [1.54, 1.807) is 30.5 Å². The van der Waals surface area contributed by atoms with Crippen LogP contribution in [0, 0.1) is 18.7 Å². The Morgan fingerprint density at radius 2 is 2.03 bits per heavy atom. The van der Waals surface area contributed by atoms with Crippen LogP contribution >= 0.6 is 0 Å². The topological polar surface area (TPSA) is 105 Å². The van der Waals surface area contributed by atoms with E-state index in [4.69, 9.17) is 4.52 Å². The van der Waals surface area contributed by atoms with Gasteiger partial charge < -0.3 is 9.84 Å². The Morgan fingerprint density at radius 1 is 1.24 bits per heavy atom. The lowest BCUT2D eigenvalue weighted by Gasteiger charge is -2.31. The minimum Gasteiger partial charge on any atom is -0.355 e. The van der Waals surface area contributed by atoms with Crippen molar-refractivity contribution in [3.63, 3.8) is 0 Å². The van der Waals surface area contributed by atoms with Crippen molar-refractivity contribution in [2.75, 3.05) is 13.1 Å². The van der Waals surface area contributed by atoms with Gasteiger partial charge in [0.15, 0.2) is 10.7 Å². The molecule has 1 fully saturated rings. The summed E-state index contributed by atoms with van der Waals surface area (Å²) in [6.45, 7) is 2.15. The van der Waals surface area contributed by atoms with Gasteiger partial charge in [-0.3, -0.25) is 9.78 Å². The molecule has 0 aliphatic carbocycles. The third kappa shape index (κ3) is 5.23. The molecule has 1 atom stereocenters. The zero-order valence-corrected chi connectivity index (χ0v) is 19.5. The summed E-state index contributed by atoms with van der Waals surface area (Å²) in [5.74, 6) is -1.12. The number of piperidine rings is 1. The molecule has 34 heavy (non-hydrogen) atoms. The number of halogens is 1. The average molecular weight is 485 g/mol. The van der Waals surface area contributed by atoms with E-state index in [0.29, 0.717) is 18.4 Å². The predicted molar refractivity (Wildman–Crippen MR) is 124 cm³/mol. The monoisotopic (exact) mass is 484 g/mol. The number of amides is 1. The Labute approximate surface area is 197 Å². The SMILES string of the molecule is Cc1noc(/C=C/c2ccccc2F)c1S(=O)(=O)N1CCC[C@@H](C(=O)NCc2ccccn2)C1. The van der Waals surface area contributed by atoms with Gasteiger partial charge in [-0.15, -0.1) is 0 Å². The molecule has 8 nitrogen and oxygen atoms in total. The van der Waals surface area contributed by atoms with Crippen LogP contribution in [0.15, 0.2) is 58.1 Å². The molecule has 1 aliphatic heterocycles. The third-order valence-electron chi connectivity index (χ3n) is 5.68. The van der Waals surface area contributed by atoms with Gasteiger partial charge in [-0.2, -0.15) is 4.31 Å². The highest BCUT2D eigenvalue weighted by atomic mass is 32.2. The van der Waals surface area contributed by atoms with Crippen molar-refractivity contribution in [1.29, 1.82) is 0 Å². The highest BCUT2D eigenvalue weighted by Crippen LogP contribution is 2.29. The van der Waals surface area contributed by atoms with Crippen LogP contribution in [0.3, 0.4) is 0 Å². The molecule has 3 heterocycles. The second-order valence-corrected chi connectivity index (χ2v) is 9.93. The normalized spacial score (nSPS) is 17.2. The molecule has 178 valence electrons. The standard InChI is InChI=1S/C24H25FN4O4S/c1-17-23(22(33-28-17)12-11-18-7-2-3-10-21(18)25)34(31,32)29-14-6-8-19(16-29)24(30)27-15-20-9-4-5-13-26-20/h2-5,7,9-13,19H,6,8,14-16H2,1H3,(H,27,30)/b12-11+/t19-/m1/s1. The van der Waals surface area contributed by atoms with Gasteiger partial charge in [0.05, 0.1) is 18.2 Å². The van der Waals surface area contributed by atoms with Crippen LogP contribution in [0.25, 0.3) is 12.2 Å². The van der Waals surface area contributed by atoms with Crippen LogP contribution in [-0.2, 0) is 21.4 Å². The Bertz CT molecular complexity index is 1290. The van der Waals surface area contributed by atoms with Gasteiger partial charge in [0.25, 0.3) is 0 Å². The molecule has 4 rings (SSSR count). The number of aryl methyl sites for hydroxylation is 1. The summed E-state index contributed by atoms with van der Waals surface area (Å²) in [5, 5.41) is 6.66. The summed E-state index contributed by atoms with van der Waals surface area (Å²) in [6, 6.07) is 11.6. The van der Waals surface area contributed by atoms with E-state index in [1.807, 2.05) is 12.1 Å². The second kappa shape index (κ2) is 10.3. The van der Waals surface area contributed by atoms with Gasteiger partial charge in [0, 0.05) is 24.8 Å². The van der Waals surface area contributed by atoms with Crippen LogP contribution in [0.1, 0.15) is 35.6 Å². The Balaban J connectivity index is 1.50. The minimum absolute atomic E-state index is 0.0162. The summed E-state index contributed by atoms with van der Waals surface area (Å²) in [4.78, 5) is 16.8. The van der Waals surface area contributed by atoms with Crippen molar-refractivity contribution >= 4 is 28.1 Å². The minimum atomic E-state index is -3.99. The van der Waals surface area contributed by atoms with Crippen molar-refractivity contribution in [3.8, 4) is 0 Å². The van der Waals surface area contributed by atoms with E-state index in [2.05, 4.69) is 15.5 Å². The van der Waals surface area contributed by atoms with Crippen molar-refractivity contribution in [2.24, 2.45) is 5.92 Å². The van der Waals surface area contributed by atoms with Gasteiger partial charge in [-0.1, -0.05) is 29.4 Å². The van der Waals surface area contributed by atoms with Crippen molar-refractivity contribution < 1.29 is 22.1 Å². The zero-order chi connectivity index (χ0) is 24.1. The highest BCUT2D eigenvalue weighted by Gasteiger charge is 2.36. The maximum Gasteiger partial charge on any atom is 0.248 e. The number of carbonyl (C=O) groups is 1. The van der Waals surface area contributed by atoms with E-state index in [0.717, 1.165) is 5.69 Å². The van der Waals surface area contributed by atoms with Crippen molar-refractivity contribution in [2.45, 2.75) is 31.2 Å². The molecule has 1 N–H and O–H groups in total. The Kier molecular flexibility index (Phi) is 7.18. The lowest BCUT2D eigenvalue weighted by Crippen LogP contribution is -2.45. The van der Waals surface area contributed by atoms with Gasteiger partial charge >= 0.3 is 0 Å². The first-order valence-corrected chi connectivity index (χ1v) is 12.4. The van der Waals surface area contributed by atoms with Gasteiger partial charge in [-0.05, 0) is 50.1 Å². The number of hydrogen-bond donors (Lipinski definition) is 1. The summed E-state index contributed by atoms with van der Waals surface area (Å²) in [6.07, 6.45) is 5.62. The summed E-state index contributed by atoms with van der Waals surface area (Å²) >= 11 is 0. The first-order chi connectivity index (χ1) is 16.4. The number of hydrogen-bond acceptors (Lipinski definition) is 6. The van der Waals surface area contributed by atoms with Crippen LogP contribution in [0.4, 0.5) is 4.39 Å². The molecule has 1 amide bonds. The first-order valence-electron chi connectivity index (χ1n) is 10.9. The molecule has 0 bridgehead atoms. The van der Waals surface area contributed by atoms with E-state index in [9.17, 15) is 17.6 Å². The summed E-state index contributed by atoms with van der Waals surface area (Å²) in [7, 11) is -3.99. The molecule has 0 unspecified atom stereocenters. The van der Waals surface area contributed by atoms with Gasteiger partial charge in [0.2, 0.25) is 15.9 Å². The quantitative estimate of drug-likeness (QED) is 0.551. The second-order valence-electron chi connectivity index (χ2n) is 8.06. The fraction of sp³-hybridized carbons (Fsp3) is 0.292. The number of carbonyl (C=O) groups excluding carboxylic acids is 1. The molecule has 1 aromatic carbocycles. The van der Waals surface area contributed by atoms with Crippen molar-refractivity contribution in [1.82, 2.24) is 19.8 Å². The molecular weight excluding hydrogens is 459 g/mol. The maximum atomic E-state index is 13.9. The smallest absolute Gasteiger partial charge is 0.248 e. The molecule has 0 saturated carbocycles. The molecule has 0 radical (unpaired) electrons. The zero-order valence-electron chi connectivity index (χ0n) is 18.6. The van der Waals surface area contributed by atoms with Crippen LogP contribution in [-0.4, -0.2) is 41.9 Å². The van der Waals surface area contributed by atoms with Crippen LogP contribution in [0.2, 0.25) is 0 Å². The molecule has 2 aromatic heterocycles. The number of sulfonamides is 1. The molecule has 1 aliphatic rings. The van der Waals surface area contributed by atoms with Crippen molar-refractivity contribution in [3.05, 3.63) is 77.2 Å². The highest BCUT2D eigenvalue weighted by molar-refractivity contribution is 7.89. The number of nitrogens with one attached hydrogen (secondary N) is 1. The lowest BCUT2D eigenvalue weighted by molar-refractivity contribution is -0.126. The van der Waals surface area contributed by atoms with E-state index in [-0.39, 0.29) is 41.9 Å². The number of aromatic nitrogens is 2. The number of pyridine rings is 1. The van der Waals surface area contributed by atoms with Crippen LogP contribution < -0.4 is 5.32 Å². The lowest BCUT2D eigenvalue weighted by atomic mass is 9.99. The predicted octanol–water partition coefficient (Wildman–Crippen LogP) is 3.40. The summed E-state index contributed by atoms with van der Waals surface area (Å²) < 4.78 is 47.5. The fourth-order valence-electron chi connectivity index (χ4n) is 3.90. The first kappa shape index (κ1) is 23.8. The van der Waals surface area contributed by atoms with Crippen LogP contribution in [0.5, 0.6) is 0 Å². The molecule has 3 aromatic rings. The third-order valence-corrected chi connectivity index (χ3v) is 7.70. The Hall–Kier alpha value is -3.37. The largest absolute Gasteiger partial charge is 0.355 e. The molecule has 1 saturated heterocycles. The number of rotatable bonds is 7. The van der Waals surface area contributed by atoms with Gasteiger partial charge in [0.1, 0.15) is 11.5 Å².